The fourth-order valence-electron chi connectivity index (χ4n) is 5.39. The highest BCUT2D eigenvalue weighted by molar-refractivity contribution is 9.10. The van der Waals surface area contributed by atoms with Gasteiger partial charge in [0.1, 0.15) is 5.78 Å². The van der Waals surface area contributed by atoms with E-state index in [9.17, 15) is 4.79 Å². The minimum absolute atomic E-state index is 0.499. The zero-order valence-electron chi connectivity index (χ0n) is 13.5. The smallest absolute Gasteiger partial charge is 0.133 e. The van der Waals surface area contributed by atoms with Crippen molar-refractivity contribution >= 4 is 27.8 Å². The predicted molar refractivity (Wildman–Crippen MR) is 95.7 cm³/mol. The Hall–Kier alpha value is -0.960. The molecule has 1 aromatic rings. The molecule has 2 nitrogen and oxygen atoms in total. The highest BCUT2D eigenvalue weighted by Gasteiger charge is 2.47. The van der Waals surface area contributed by atoms with Crippen molar-refractivity contribution in [3.8, 4) is 0 Å². The molecule has 3 heteroatoms. The van der Waals surface area contributed by atoms with Gasteiger partial charge in [-0.15, -0.1) is 0 Å². The lowest BCUT2D eigenvalue weighted by Crippen LogP contribution is -2.38. The minimum Gasteiger partial charge on any atom is -0.300 e. The van der Waals surface area contributed by atoms with E-state index in [4.69, 9.17) is 0 Å². The van der Waals surface area contributed by atoms with E-state index in [2.05, 4.69) is 39.1 Å². The molecule has 3 aliphatic rings. The van der Waals surface area contributed by atoms with Gasteiger partial charge in [-0.3, -0.25) is 9.78 Å². The largest absolute Gasteiger partial charge is 0.300 e. The Bertz CT molecular complexity index is 609. The molecular weight excluding hydrogens is 350 g/mol. The summed E-state index contributed by atoms with van der Waals surface area (Å²) in [6, 6.07) is 4.10. The quantitative estimate of drug-likeness (QED) is 0.705. The Kier molecular flexibility index (Phi) is 4.40. The van der Waals surface area contributed by atoms with Gasteiger partial charge in [-0.05, 0) is 76.6 Å². The average molecular weight is 374 g/mol. The van der Waals surface area contributed by atoms with E-state index >= 15 is 0 Å². The topological polar surface area (TPSA) is 30.0 Å². The summed E-state index contributed by atoms with van der Waals surface area (Å²) >= 11 is 3.44. The van der Waals surface area contributed by atoms with Crippen molar-refractivity contribution in [1.82, 2.24) is 4.98 Å². The third kappa shape index (κ3) is 3.17. The van der Waals surface area contributed by atoms with Gasteiger partial charge in [0, 0.05) is 23.5 Å². The number of hydrogen-bond donors (Lipinski definition) is 0. The number of hydrogen-bond acceptors (Lipinski definition) is 2. The summed E-state index contributed by atoms with van der Waals surface area (Å²) in [6.07, 6.45) is 14.9. The van der Waals surface area contributed by atoms with Crippen LogP contribution >= 0.6 is 15.9 Å². The van der Waals surface area contributed by atoms with E-state index < -0.39 is 0 Å². The SMILES string of the molecule is O=C1C[C@@H]2C[C@@H]3CCCC[C@H]3[C@H](/C=C/c3ccc(Br)cn3)[C@H]2C1. The molecule has 0 aromatic carbocycles. The Morgan fingerprint density at radius 3 is 2.78 bits per heavy atom. The first-order valence-corrected chi connectivity index (χ1v) is 9.81. The van der Waals surface area contributed by atoms with Crippen LogP contribution in [0.2, 0.25) is 0 Å². The predicted octanol–water partition coefficient (Wildman–Crippen LogP) is 5.28. The van der Waals surface area contributed by atoms with Crippen molar-refractivity contribution in [3.63, 3.8) is 0 Å². The Morgan fingerprint density at radius 2 is 1.96 bits per heavy atom. The maximum Gasteiger partial charge on any atom is 0.133 e. The summed E-state index contributed by atoms with van der Waals surface area (Å²) in [6.45, 7) is 0. The van der Waals surface area contributed by atoms with Crippen LogP contribution in [0.15, 0.2) is 28.9 Å². The third-order valence-electron chi connectivity index (χ3n) is 6.36. The molecule has 1 heterocycles. The maximum absolute atomic E-state index is 12.0. The molecule has 0 spiro atoms. The van der Waals surface area contributed by atoms with E-state index in [0.717, 1.165) is 34.8 Å². The van der Waals surface area contributed by atoms with E-state index in [0.29, 0.717) is 23.5 Å². The van der Waals surface area contributed by atoms with Crippen LogP contribution in [-0.2, 0) is 4.79 Å². The fraction of sp³-hybridized carbons (Fsp3) is 0.600. The molecule has 3 aliphatic carbocycles. The minimum atomic E-state index is 0.499. The van der Waals surface area contributed by atoms with Crippen LogP contribution in [0.1, 0.15) is 50.6 Å². The zero-order chi connectivity index (χ0) is 15.8. The normalized spacial score (nSPS) is 36.9. The number of rotatable bonds is 2. The van der Waals surface area contributed by atoms with Gasteiger partial charge < -0.3 is 0 Å². The van der Waals surface area contributed by atoms with E-state index in [1.54, 1.807) is 0 Å². The monoisotopic (exact) mass is 373 g/mol. The molecular formula is C20H24BrNO. The van der Waals surface area contributed by atoms with Gasteiger partial charge in [0.25, 0.3) is 0 Å². The van der Waals surface area contributed by atoms with Crippen LogP contribution in [0.25, 0.3) is 6.08 Å². The maximum atomic E-state index is 12.0. The van der Waals surface area contributed by atoms with Crippen molar-refractivity contribution in [2.75, 3.05) is 0 Å². The first-order chi connectivity index (χ1) is 11.2. The van der Waals surface area contributed by atoms with Crippen molar-refractivity contribution in [3.05, 3.63) is 34.6 Å². The molecule has 0 saturated heterocycles. The summed E-state index contributed by atoms with van der Waals surface area (Å²) in [5.41, 5.74) is 1.02. The summed E-state index contributed by atoms with van der Waals surface area (Å²) in [4.78, 5) is 16.5. The number of carbonyl (C=O) groups excluding carboxylic acids is 1. The van der Waals surface area contributed by atoms with Gasteiger partial charge in [0.15, 0.2) is 0 Å². The zero-order valence-corrected chi connectivity index (χ0v) is 15.0. The van der Waals surface area contributed by atoms with Crippen LogP contribution in [-0.4, -0.2) is 10.8 Å². The van der Waals surface area contributed by atoms with E-state index in [1.165, 1.54) is 32.1 Å². The molecule has 0 N–H and O–H groups in total. The number of allylic oxidation sites excluding steroid dienone is 1. The first kappa shape index (κ1) is 15.6. The Morgan fingerprint density at radius 1 is 1.09 bits per heavy atom. The summed E-state index contributed by atoms with van der Waals surface area (Å²) in [5.74, 6) is 3.96. The van der Waals surface area contributed by atoms with Crippen molar-refractivity contribution < 1.29 is 4.79 Å². The first-order valence-electron chi connectivity index (χ1n) is 9.02. The number of nitrogens with zero attached hydrogens (tertiary/aromatic N) is 1. The molecule has 0 bridgehead atoms. The van der Waals surface area contributed by atoms with Crippen molar-refractivity contribution in [2.24, 2.45) is 29.6 Å². The molecule has 3 saturated carbocycles. The molecule has 23 heavy (non-hydrogen) atoms. The molecule has 5 atom stereocenters. The van der Waals surface area contributed by atoms with Crippen LogP contribution in [0, 0.1) is 29.6 Å². The Labute approximate surface area is 146 Å². The van der Waals surface area contributed by atoms with Gasteiger partial charge >= 0.3 is 0 Å². The number of pyridine rings is 1. The highest BCUT2D eigenvalue weighted by atomic mass is 79.9. The molecule has 4 rings (SSSR count). The van der Waals surface area contributed by atoms with E-state index in [1.807, 2.05) is 12.3 Å². The summed E-state index contributed by atoms with van der Waals surface area (Å²) in [5, 5.41) is 0. The second-order valence-corrected chi connectivity index (χ2v) is 8.57. The van der Waals surface area contributed by atoms with Gasteiger partial charge in [0.2, 0.25) is 0 Å². The molecule has 0 aliphatic heterocycles. The van der Waals surface area contributed by atoms with Crippen LogP contribution < -0.4 is 0 Å². The van der Waals surface area contributed by atoms with Gasteiger partial charge in [0.05, 0.1) is 5.69 Å². The number of Topliss-reactive ketones (excluding diaryl/α,β-unsaturated/α-hetero) is 1. The van der Waals surface area contributed by atoms with Gasteiger partial charge in [-0.25, -0.2) is 0 Å². The van der Waals surface area contributed by atoms with Gasteiger partial charge in [-0.1, -0.05) is 25.3 Å². The second-order valence-electron chi connectivity index (χ2n) is 7.65. The molecule has 122 valence electrons. The molecule has 0 amide bonds. The molecule has 0 radical (unpaired) electrons. The molecule has 1 aromatic heterocycles. The number of halogens is 1. The number of fused-ring (bicyclic) bond motifs is 2. The van der Waals surface area contributed by atoms with Gasteiger partial charge in [-0.2, -0.15) is 0 Å². The lowest BCUT2D eigenvalue weighted by Gasteiger charge is -2.46. The number of carbonyl (C=O) groups is 1. The Balaban J connectivity index is 1.59. The fourth-order valence-corrected chi connectivity index (χ4v) is 5.62. The van der Waals surface area contributed by atoms with E-state index in [-0.39, 0.29) is 0 Å². The third-order valence-corrected chi connectivity index (χ3v) is 6.83. The molecule has 0 unspecified atom stereocenters. The highest BCUT2D eigenvalue weighted by Crippen LogP contribution is 2.53. The number of ketones is 1. The number of aromatic nitrogens is 1. The molecule has 3 fully saturated rings. The van der Waals surface area contributed by atoms with Crippen molar-refractivity contribution in [2.45, 2.75) is 44.9 Å². The van der Waals surface area contributed by atoms with Crippen molar-refractivity contribution in [1.29, 1.82) is 0 Å². The standard InChI is InChI=1S/C20H24BrNO/c21-15-5-6-16(22-12-15)7-8-19-18-4-2-1-3-13(18)9-14-10-17(23)11-20(14)19/h5-8,12-14,18-20H,1-4,9-11H2/b8-7+/t13-,14-,18+,19-,20-/m0/s1. The summed E-state index contributed by atoms with van der Waals surface area (Å²) in [7, 11) is 0. The lowest BCUT2D eigenvalue weighted by atomic mass is 9.58. The second kappa shape index (κ2) is 6.51. The summed E-state index contributed by atoms with van der Waals surface area (Å²) < 4.78 is 1.01. The van der Waals surface area contributed by atoms with Crippen LogP contribution in [0.5, 0.6) is 0 Å². The average Bonchev–Trinajstić information content (AvgIpc) is 2.93. The van der Waals surface area contributed by atoms with Crippen LogP contribution in [0.4, 0.5) is 0 Å². The van der Waals surface area contributed by atoms with Crippen LogP contribution in [0.3, 0.4) is 0 Å². The lowest BCUT2D eigenvalue weighted by molar-refractivity contribution is -0.117.